The normalized spacial score (nSPS) is 13.2. The number of halogens is 2. The lowest BCUT2D eigenvalue weighted by Gasteiger charge is -2.20. The molecule has 0 atom stereocenters. The lowest BCUT2D eigenvalue weighted by molar-refractivity contribution is 0.314. The highest BCUT2D eigenvalue weighted by Crippen LogP contribution is 2.35. The first-order valence-corrected chi connectivity index (χ1v) is 8.25. The molecule has 0 aliphatic rings. The minimum atomic E-state index is -3.82. The van der Waals surface area contributed by atoms with E-state index in [1.54, 1.807) is 0 Å². The minimum absolute atomic E-state index is 0.0663. The van der Waals surface area contributed by atoms with E-state index in [-0.39, 0.29) is 32.5 Å². The Morgan fingerprint density at radius 2 is 2.21 bits per heavy atom. The van der Waals surface area contributed by atoms with Crippen molar-refractivity contribution in [3.63, 3.8) is 0 Å². The summed E-state index contributed by atoms with van der Waals surface area (Å²) >= 11 is 12.6. The largest absolute Gasteiger partial charge is 0.409 e. The Kier molecular flexibility index (Phi) is 5.87. The van der Waals surface area contributed by atoms with Gasteiger partial charge in [0.15, 0.2) is 5.84 Å². The standard InChI is InChI=1S/C9H13Cl2N3O3S2/c1-2-3-14(5-8(12)13-15)19(16,17)6-4-7(10)18-9(6)11/h4,15H,2-3,5H2,1H3,(H2,12,13). The van der Waals surface area contributed by atoms with Gasteiger partial charge in [-0.2, -0.15) is 4.31 Å². The summed E-state index contributed by atoms with van der Waals surface area (Å²) in [6.45, 7) is 1.83. The van der Waals surface area contributed by atoms with Crippen LogP contribution in [-0.4, -0.2) is 36.9 Å². The van der Waals surface area contributed by atoms with Gasteiger partial charge in [0.1, 0.15) is 9.23 Å². The number of amidine groups is 1. The van der Waals surface area contributed by atoms with E-state index in [4.69, 9.17) is 34.1 Å². The highest BCUT2D eigenvalue weighted by Gasteiger charge is 2.28. The molecule has 0 radical (unpaired) electrons. The fourth-order valence-electron chi connectivity index (χ4n) is 1.39. The Morgan fingerprint density at radius 3 is 2.63 bits per heavy atom. The summed E-state index contributed by atoms with van der Waals surface area (Å²) < 4.78 is 26.3. The fraction of sp³-hybridized carbons (Fsp3) is 0.444. The predicted molar refractivity (Wildman–Crippen MR) is 76.8 cm³/mol. The van der Waals surface area contributed by atoms with Crippen LogP contribution in [0.2, 0.25) is 8.67 Å². The quantitative estimate of drug-likeness (QED) is 0.357. The summed E-state index contributed by atoms with van der Waals surface area (Å²) in [6, 6.07) is 1.29. The van der Waals surface area contributed by atoms with Gasteiger partial charge in [0.25, 0.3) is 0 Å². The van der Waals surface area contributed by atoms with Crippen LogP contribution in [0.5, 0.6) is 0 Å². The van der Waals surface area contributed by atoms with Gasteiger partial charge in [0, 0.05) is 6.54 Å². The molecule has 0 amide bonds. The Hall–Kier alpha value is -0.540. The van der Waals surface area contributed by atoms with Gasteiger partial charge in [-0.1, -0.05) is 35.3 Å². The lowest BCUT2D eigenvalue weighted by atomic mass is 10.4. The van der Waals surface area contributed by atoms with Crippen LogP contribution in [0.25, 0.3) is 0 Å². The first kappa shape index (κ1) is 16.5. The van der Waals surface area contributed by atoms with Gasteiger partial charge in [0.05, 0.1) is 10.9 Å². The van der Waals surface area contributed by atoms with Crippen LogP contribution in [0.15, 0.2) is 16.1 Å². The van der Waals surface area contributed by atoms with Gasteiger partial charge >= 0.3 is 0 Å². The van der Waals surface area contributed by atoms with Crippen molar-refractivity contribution in [2.24, 2.45) is 10.9 Å². The number of sulfonamides is 1. The molecule has 0 saturated carbocycles. The van der Waals surface area contributed by atoms with E-state index in [0.717, 1.165) is 15.6 Å². The molecule has 0 aliphatic heterocycles. The highest BCUT2D eigenvalue weighted by molar-refractivity contribution is 7.89. The van der Waals surface area contributed by atoms with Crippen molar-refractivity contribution in [2.75, 3.05) is 13.1 Å². The second-order valence-corrected chi connectivity index (χ2v) is 7.81. The molecule has 0 unspecified atom stereocenters. The Morgan fingerprint density at radius 1 is 1.58 bits per heavy atom. The third kappa shape index (κ3) is 3.96. The van der Waals surface area contributed by atoms with Crippen molar-refractivity contribution >= 4 is 50.4 Å². The molecule has 0 fully saturated rings. The topological polar surface area (TPSA) is 96.0 Å². The molecule has 0 saturated heterocycles. The van der Waals surface area contributed by atoms with E-state index in [1.807, 2.05) is 6.92 Å². The number of thiophene rings is 1. The summed E-state index contributed by atoms with van der Waals surface area (Å²) in [5.74, 6) is -0.200. The van der Waals surface area contributed by atoms with Crippen LogP contribution in [0.1, 0.15) is 13.3 Å². The minimum Gasteiger partial charge on any atom is -0.409 e. The molecule has 1 rings (SSSR count). The van der Waals surface area contributed by atoms with Crippen LogP contribution in [0, 0.1) is 0 Å². The van der Waals surface area contributed by atoms with E-state index in [2.05, 4.69) is 5.16 Å². The third-order valence-electron chi connectivity index (χ3n) is 2.18. The Balaban J connectivity index is 3.16. The molecule has 0 spiro atoms. The monoisotopic (exact) mass is 345 g/mol. The molecule has 10 heteroatoms. The summed E-state index contributed by atoms with van der Waals surface area (Å²) in [7, 11) is -3.82. The number of nitrogens with two attached hydrogens (primary N) is 1. The summed E-state index contributed by atoms with van der Waals surface area (Å²) in [4.78, 5) is -0.0663. The van der Waals surface area contributed by atoms with Crippen molar-refractivity contribution in [2.45, 2.75) is 18.2 Å². The van der Waals surface area contributed by atoms with Gasteiger partial charge in [0.2, 0.25) is 10.0 Å². The van der Waals surface area contributed by atoms with Crippen LogP contribution < -0.4 is 5.73 Å². The molecule has 1 heterocycles. The molecule has 0 bridgehead atoms. The number of nitrogens with zero attached hydrogens (tertiary/aromatic N) is 2. The van der Waals surface area contributed by atoms with Crippen LogP contribution in [-0.2, 0) is 10.0 Å². The first-order valence-electron chi connectivity index (χ1n) is 5.24. The third-order valence-corrected chi connectivity index (χ3v) is 5.78. The molecule has 6 nitrogen and oxygen atoms in total. The zero-order valence-electron chi connectivity index (χ0n) is 10.0. The van der Waals surface area contributed by atoms with Gasteiger partial charge < -0.3 is 10.9 Å². The van der Waals surface area contributed by atoms with Crippen molar-refractivity contribution < 1.29 is 13.6 Å². The van der Waals surface area contributed by atoms with Crippen LogP contribution in [0.4, 0.5) is 0 Å². The van der Waals surface area contributed by atoms with Crippen molar-refractivity contribution in [3.05, 3.63) is 14.7 Å². The highest BCUT2D eigenvalue weighted by atomic mass is 35.5. The van der Waals surface area contributed by atoms with Crippen LogP contribution >= 0.6 is 34.5 Å². The lowest BCUT2D eigenvalue weighted by Crippen LogP contribution is -2.39. The maximum atomic E-state index is 12.4. The van der Waals surface area contributed by atoms with Gasteiger partial charge in [-0.05, 0) is 12.5 Å². The molecule has 0 aromatic carbocycles. The van der Waals surface area contributed by atoms with Crippen molar-refractivity contribution in [1.82, 2.24) is 4.31 Å². The van der Waals surface area contributed by atoms with E-state index in [1.165, 1.54) is 6.07 Å². The zero-order valence-corrected chi connectivity index (χ0v) is 13.2. The van der Waals surface area contributed by atoms with Gasteiger partial charge in [-0.25, -0.2) is 8.42 Å². The van der Waals surface area contributed by atoms with E-state index in [0.29, 0.717) is 6.42 Å². The molecule has 108 valence electrons. The molecule has 3 N–H and O–H groups in total. The first-order chi connectivity index (χ1) is 8.82. The second kappa shape index (κ2) is 6.76. The number of hydrogen-bond donors (Lipinski definition) is 2. The Labute approximate surface area is 125 Å². The Bertz CT molecular complexity index is 571. The zero-order chi connectivity index (χ0) is 14.6. The molecule has 19 heavy (non-hydrogen) atoms. The van der Waals surface area contributed by atoms with Gasteiger partial charge in [-0.3, -0.25) is 0 Å². The van der Waals surface area contributed by atoms with Crippen LogP contribution in [0.3, 0.4) is 0 Å². The predicted octanol–water partition coefficient (Wildman–Crippen LogP) is 2.20. The van der Waals surface area contributed by atoms with Gasteiger partial charge in [-0.15, -0.1) is 11.3 Å². The van der Waals surface area contributed by atoms with Crippen molar-refractivity contribution in [1.29, 1.82) is 0 Å². The smallest absolute Gasteiger partial charge is 0.245 e. The molecule has 0 aliphatic carbocycles. The molecule has 1 aromatic heterocycles. The molecular formula is C9H13Cl2N3O3S2. The van der Waals surface area contributed by atoms with E-state index in [9.17, 15) is 8.42 Å². The van der Waals surface area contributed by atoms with E-state index >= 15 is 0 Å². The average Bonchev–Trinajstić information content (AvgIpc) is 2.68. The number of hydrogen-bond acceptors (Lipinski definition) is 5. The van der Waals surface area contributed by atoms with E-state index < -0.39 is 10.0 Å². The maximum Gasteiger partial charge on any atom is 0.245 e. The summed E-state index contributed by atoms with van der Waals surface area (Å²) in [5, 5.41) is 11.3. The summed E-state index contributed by atoms with van der Waals surface area (Å²) in [6.07, 6.45) is 0.577. The molecule has 1 aromatic rings. The fourth-order valence-corrected chi connectivity index (χ4v) is 5.00. The maximum absolute atomic E-state index is 12.4. The SMILES string of the molecule is CCCN(CC(N)=NO)S(=O)(=O)c1cc(Cl)sc1Cl. The second-order valence-electron chi connectivity index (χ2n) is 3.62. The number of rotatable bonds is 6. The average molecular weight is 346 g/mol. The number of oxime groups is 1. The summed E-state index contributed by atoms with van der Waals surface area (Å²) in [5.41, 5.74) is 5.36. The van der Waals surface area contributed by atoms with Crippen molar-refractivity contribution in [3.8, 4) is 0 Å². The molecular weight excluding hydrogens is 333 g/mol.